The third-order valence-corrected chi connectivity index (χ3v) is 6.47. The van der Waals surface area contributed by atoms with Crippen molar-refractivity contribution in [1.82, 2.24) is 14.9 Å². The van der Waals surface area contributed by atoms with Crippen LogP contribution in [0.4, 0.5) is 0 Å². The molecule has 1 atom stereocenters. The second-order valence-corrected chi connectivity index (χ2v) is 9.31. The van der Waals surface area contributed by atoms with Crippen LogP contribution < -0.4 is 4.74 Å². The highest BCUT2D eigenvalue weighted by Crippen LogP contribution is 2.30. The molecule has 0 saturated carbocycles. The van der Waals surface area contributed by atoms with Gasteiger partial charge < -0.3 is 19.8 Å². The summed E-state index contributed by atoms with van der Waals surface area (Å²) in [6.45, 7) is 2.79. The lowest BCUT2D eigenvalue weighted by Crippen LogP contribution is -2.37. The van der Waals surface area contributed by atoms with Gasteiger partial charge in [-0.25, -0.2) is 0 Å². The summed E-state index contributed by atoms with van der Waals surface area (Å²) in [5, 5.41) is 18.4. The van der Waals surface area contributed by atoms with E-state index in [1.807, 2.05) is 66.7 Å². The van der Waals surface area contributed by atoms with Crippen molar-refractivity contribution >= 4 is 12.4 Å². The van der Waals surface area contributed by atoms with Crippen LogP contribution >= 0.6 is 0 Å². The van der Waals surface area contributed by atoms with E-state index < -0.39 is 6.23 Å². The number of para-hydroxylation sites is 1. The number of carbonyl (C=O) groups excluding carboxylic acids is 1. The molecule has 2 aromatic heterocycles. The molecule has 0 saturated heterocycles. The minimum absolute atomic E-state index is 0.250. The summed E-state index contributed by atoms with van der Waals surface area (Å²) in [6.07, 6.45) is 8.97. The summed E-state index contributed by atoms with van der Waals surface area (Å²) < 4.78 is 6.05. The minimum atomic E-state index is -1.17. The summed E-state index contributed by atoms with van der Waals surface area (Å²) in [4.78, 5) is 32.2. The van der Waals surface area contributed by atoms with Crippen LogP contribution in [0.5, 0.6) is 5.75 Å². The average Bonchev–Trinajstić information content (AvgIpc) is 3.02. The number of aromatic nitrogens is 2. The van der Waals surface area contributed by atoms with Gasteiger partial charge in [0.25, 0.3) is 12.4 Å². The number of amides is 1. The van der Waals surface area contributed by atoms with Gasteiger partial charge in [-0.3, -0.25) is 19.6 Å². The van der Waals surface area contributed by atoms with E-state index in [4.69, 9.17) is 14.6 Å². The van der Waals surface area contributed by atoms with E-state index >= 15 is 0 Å². The Balaban J connectivity index is 0.00000147. The van der Waals surface area contributed by atoms with E-state index in [-0.39, 0.29) is 12.4 Å². The average molecular weight is 556 g/mol. The lowest BCUT2D eigenvalue weighted by atomic mass is 10.0. The normalized spacial score (nSPS) is 11.1. The third-order valence-electron chi connectivity index (χ3n) is 6.47. The van der Waals surface area contributed by atoms with E-state index in [1.165, 1.54) is 11.3 Å². The molecule has 1 unspecified atom stereocenters. The maximum absolute atomic E-state index is 13.8. The fourth-order valence-electron chi connectivity index (χ4n) is 4.32. The fraction of sp³-hybridized carbons (Fsp3) is 0.273. The van der Waals surface area contributed by atoms with Gasteiger partial charge in [-0.05, 0) is 53.9 Å². The zero-order valence-electron chi connectivity index (χ0n) is 23.3. The standard InChI is InChI=1S/C32H35N3O3.CH2O2/c1-2-3-4-9-23-38-30-14-6-5-13-29(30)32(37)35(22-19-28-12-7-8-21-34-28)31(36)26-17-15-25(16-18-26)27-11-10-20-33-24-27;2-1-3/h5-8,10-18,20-21,24,32,37H,2-4,9,19,22-23H2,1H3;1H,(H,2,3). The highest BCUT2D eigenvalue weighted by atomic mass is 16.5. The number of benzene rings is 2. The van der Waals surface area contributed by atoms with Crippen LogP contribution in [0.25, 0.3) is 11.1 Å². The molecule has 0 aliphatic carbocycles. The molecule has 0 aliphatic rings. The monoisotopic (exact) mass is 555 g/mol. The summed E-state index contributed by atoms with van der Waals surface area (Å²) in [5.41, 5.74) is 3.87. The van der Waals surface area contributed by atoms with E-state index in [2.05, 4.69) is 16.9 Å². The molecule has 0 bridgehead atoms. The Morgan fingerprint density at radius 2 is 1.68 bits per heavy atom. The number of aliphatic hydroxyl groups excluding tert-OH is 1. The van der Waals surface area contributed by atoms with E-state index in [1.54, 1.807) is 30.7 Å². The molecule has 0 aliphatic heterocycles. The molecule has 214 valence electrons. The van der Waals surface area contributed by atoms with Gasteiger partial charge in [-0.15, -0.1) is 0 Å². The quantitative estimate of drug-likeness (QED) is 0.115. The van der Waals surface area contributed by atoms with Gasteiger partial charge in [0.2, 0.25) is 0 Å². The molecule has 4 rings (SSSR count). The van der Waals surface area contributed by atoms with Crippen molar-refractivity contribution < 1.29 is 24.5 Å². The number of ether oxygens (including phenoxy) is 1. The predicted molar refractivity (Wildman–Crippen MR) is 158 cm³/mol. The van der Waals surface area contributed by atoms with Gasteiger partial charge in [0, 0.05) is 48.4 Å². The van der Waals surface area contributed by atoms with E-state index in [0.29, 0.717) is 36.4 Å². The van der Waals surface area contributed by atoms with Gasteiger partial charge in [0.05, 0.1) is 6.61 Å². The number of aliphatic hydroxyl groups is 1. The van der Waals surface area contributed by atoms with Crippen molar-refractivity contribution in [3.05, 3.63) is 114 Å². The van der Waals surface area contributed by atoms with Crippen LogP contribution in [-0.2, 0) is 11.2 Å². The Bertz CT molecular complexity index is 1320. The number of rotatable bonds is 13. The molecular weight excluding hydrogens is 518 g/mol. The van der Waals surface area contributed by atoms with Crippen molar-refractivity contribution in [3.63, 3.8) is 0 Å². The number of hydrogen-bond donors (Lipinski definition) is 2. The third kappa shape index (κ3) is 9.54. The first kappa shape index (κ1) is 31.0. The minimum Gasteiger partial charge on any atom is -0.493 e. The topological polar surface area (TPSA) is 113 Å². The van der Waals surface area contributed by atoms with Crippen LogP contribution in [0.3, 0.4) is 0 Å². The number of unbranched alkanes of at least 4 members (excludes halogenated alkanes) is 3. The lowest BCUT2D eigenvalue weighted by Gasteiger charge is -2.29. The molecule has 8 nitrogen and oxygen atoms in total. The largest absolute Gasteiger partial charge is 0.493 e. The van der Waals surface area contributed by atoms with Crippen LogP contribution in [0.15, 0.2) is 97.5 Å². The van der Waals surface area contributed by atoms with Crippen molar-refractivity contribution in [3.8, 4) is 16.9 Å². The Labute approximate surface area is 241 Å². The molecule has 2 N–H and O–H groups in total. The van der Waals surface area contributed by atoms with Crippen molar-refractivity contribution in [1.29, 1.82) is 0 Å². The fourth-order valence-corrected chi connectivity index (χ4v) is 4.32. The zero-order valence-corrected chi connectivity index (χ0v) is 23.3. The van der Waals surface area contributed by atoms with Crippen molar-refractivity contribution in [2.45, 2.75) is 45.3 Å². The van der Waals surface area contributed by atoms with E-state index in [0.717, 1.165) is 36.1 Å². The molecule has 1 amide bonds. The number of hydrogen-bond acceptors (Lipinski definition) is 6. The zero-order chi connectivity index (χ0) is 29.3. The van der Waals surface area contributed by atoms with Gasteiger partial charge in [-0.2, -0.15) is 0 Å². The first-order chi connectivity index (χ1) is 20.1. The number of nitrogens with zero attached hydrogens (tertiary/aromatic N) is 3. The molecule has 4 aromatic rings. The number of carbonyl (C=O) groups is 2. The van der Waals surface area contributed by atoms with Crippen LogP contribution in [0.1, 0.15) is 60.5 Å². The molecule has 2 aromatic carbocycles. The van der Waals surface area contributed by atoms with Crippen LogP contribution in [0.2, 0.25) is 0 Å². The summed E-state index contributed by atoms with van der Waals surface area (Å²) in [5.74, 6) is 0.336. The Hall–Kier alpha value is -4.56. The van der Waals surface area contributed by atoms with E-state index in [9.17, 15) is 9.90 Å². The molecule has 2 heterocycles. The van der Waals surface area contributed by atoms with Crippen LogP contribution in [0, 0.1) is 0 Å². The second kappa shape index (κ2) is 17.2. The van der Waals surface area contributed by atoms with Crippen molar-refractivity contribution in [2.75, 3.05) is 13.2 Å². The maximum atomic E-state index is 13.8. The molecule has 0 fully saturated rings. The summed E-state index contributed by atoms with van der Waals surface area (Å²) in [7, 11) is 0. The Morgan fingerprint density at radius 3 is 2.37 bits per heavy atom. The SMILES string of the molecule is CCCCCCOc1ccccc1C(O)N(CCc1ccccn1)C(=O)c1ccc(-c2cccnc2)cc1.O=CO. The van der Waals surface area contributed by atoms with Gasteiger partial charge in [-0.1, -0.05) is 68.7 Å². The number of carboxylic acid groups (broad SMARTS) is 1. The molecule has 41 heavy (non-hydrogen) atoms. The summed E-state index contributed by atoms with van der Waals surface area (Å²) in [6, 6.07) is 24.4. The molecular formula is C33H37N3O5. The Kier molecular flexibility index (Phi) is 13.0. The molecule has 0 spiro atoms. The molecule has 8 heteroatoms. The highest BCUT2D eigenvalue weighted by Gasteiger charge is 2.27. The summed E-state index contributed by atoms with van der Waals surface area (Å²) >= 11 is 0. The lowest BCUT2D eigenvalue weighted by molar-refractivity contribution is -0.122. The van der Waals surface area contributed by atoms with Gasteiger partial charge in [0.1, 0.15) is 5.75 Å². The molecule has 0 radical (unpaired) electrons. The van der Waals surface area contributed by atoms with Crippen molar-refractivity contribution in [2.24, 2.45) is 0 Å². The first-order valence-corrected chi connectivity index (χ1v) is 13.8. The smallest absolute Gasteiger partial charge is 0.290 e. The highest BCUT2D eigenvalue weighted by molar-refractivity contribution is 5.95. The predicted octanol–water partition coefficient (Wildman–Crippen LogP) is 6.18. The van der Waals surface area contributed by atoms with Gasteiger partial charge in [0.15, 0.2) is 6.23 Å². The maximum Gasteiger partial charge on any atom is 0.290 e. The second-order valence-electron chi connectivity index (χ2n) is 9.31. The van der Waals surface area contributed by atoms with Gasteiger partial charge >= 0.3 is 0 Å². The Morgan fingerprint density at radius 1 is 0.927 bits per heavy atom. The number of pyridine rings is 2. The first-order valence-electron chi connectivity index (χ1n) is 13.8. The van der Waals surface area contributed by atoms with Crippen LogP contribution in [-0.4, -0.2) is 50.6 Å².